The summed E-state index contributed by atoms with van der Waals surface area (Å²) < 4.78 is 13.7. The number of rotatable bonds is 6. The Morgan fingerprint density at radius 2 is 2.04 bits per heavy atom. The number of aromatic nitrogens is 2. The Bertz CT molecular complexity index is 690. The molecule has 0 spiro atoms. The zero-order valence-electron chi connectivity index (χ0n) is 13.6. The second-order valence-corrected chi connectivity index (χ2v) is 5.40. The summed E-state index contributed by atoms with van der Waals surface area (Å²) in [5.74, 6) is -0.353. The van der Waals surface area contributed by atoms with Crippen LogP contribution in [0.15, 0.2) is 30.3 Å². The van der Waals surface area contributed by atoms with E-state index in [0.717, 1.165) is 12.8 Å². The number of anilines is 2. The van der Waals surface area contributed by atoms with Crippen molar-refractivity contribution in [3.05, 3.63) is 47.5 Å². The topological polar surface area (TPSA) is 58.1 Å². The SMILES string of the molecule is CCCCN(C)C(=O)c1cc(C)nc(Nc2ccccc2F)n1. The predicted molar refractivity (Wildman–Crippen MR) is 88.3 cm³/mol. The lowest BCUT2D eigenvalue weighted by Crippen LogP contribution is -2.28. The van der Waals surface area contributed by atoms with Gasteiger partial charge in [-0.1, -0.05) is 25.5 Å². The number of hydrogen-bond acceptors (Lipinski definition) is 4. The maximum Gasteiger partial charge on any atom is 0.272 e. The van der Waals surface area contributed by atoms with E-state index >= 15 is 0 Å². The van der Waals surface area contributed by atoms with Crippen LogP contribution in [0, 0.1) is 12.7 Å². The molecule has 1 aromatic carbocycles. The average Bonchev–Trinajstić information content (AvgIpc) is 2.53. The van der Waals surface area contributed by atoms with E-state index in [0.29, 0.717) is 17.9 Å². The summed E-state index contributed by atoms with van der Waals surface area (Å²) in [5.41, 5.74) is 1.22. The van der Waals surface area contributed by atoms with Gasteiger partial charge in [-0.15, -0.1) is 0 Å². The molecule has 0 aliphatic carbocycles. The molecule has 0 atom stereocenters. The van der Waals surface area contributed by atoms with Gasteiger partial charge in [0.05, 0.1) is 5.69 Å². The van der Waals surface area contributed by atoms with Crippen molar-refractivity contribution in [2.45, 2.75) is 26.7 Å². The van der Waals surface area contributed by atoms with E-state index in [1.807, 2.05) is 0 Å². The molecule has 0 aliphatic heterocycles. The monoisotopic (exact) mass is 316 g/mol. The van der Waals surface area contributed by atoms with Crippen LogP contribution < -0.4 is 5.32 Å². The molecule has 0 bridgehead atoms. The fourth-order valence-corrected chi connectivity index (χ4v) is 2.11. The Balaban J connectivity index is 2.22. The van der Waals surface area contributed by atoms with Gasteiger partial charge in [0.15, 0.2) is 0 Å². The average molecular weight is 316 g/mol. The number of nitrogens with one attached hydrogen (secondary N) is 1. The van der Waals surface area contributed by atoms with E-state index in [1.54, 1.807) is 43.1 Å². The van der Waals surface area contributed by atoms with Crippen molar-refractivity contribution in [1.29, 1.82) is 0 Å². The van der Waals surface area contributed by atoms with Gasteiger partial charge >= 0.3 is 0 Å². The molecule has 0 aliphatic rings. The lowest BCUT2D eigenvalue weighted by Gasteiger charge is -2.17. The van der Waals surface area contributed by atoms with Crippen molar-refractivity contribution in [3.8, 4) is 0 Å². The van der Waals surface area contributed by atoms with Crippen molar-refractivity contribution < 1.29 is 9.18 Å². The van der Waals surface area contributed by atoms with Crippen LogP contribution in [0.5, 0.6) is 0 Å². The molecule has 0 radical (unpaired) electrons. The predicted octanol–water partition coefficient (Wildman–Crippen LogP) is 3.54. The van der Waals surface area contributed by atoms with Gasteiger partial charge < -0.3 is 10.2 Å². The molecule has 0 saturated carbocycles. The van der Waals surface area contributed by atoms with Crippen LogP contribution in [0.1, 0.15) is 35.9 Å². The first-order valence-electron chi connectivity index (χ1n) is 7.64. The highest BCUT2D eigenvalue weighted by molar-refractivity contribution is 5.92. The van der Waals surface area contributed by atoms with Crippen LogP contribution >= 0.6 is 0 Å². The van der Waals surface area contributed by atoms with E-state index in [2.05, 4.69) is 22.2 Å². The minimum atomic E-state index is -0.398. The lowest BCUT2D eigenvalue weighted by atomic mass is 10.2. The number of carbonyl (C=O) groups excluding carboxylic acids is 1. The molecular formula is C17H21FN4O. The highest BCUT2D eigenvalue weighted by Gasteiger charge is 2.15. The number of unbranched alkanes of at least 4 members (excludes halogenated alkanes) is 1. The summed E-state index contributed by atoms with van der Waals surface area (Å²) in [6, 6.07) is 7.90. The number of halogens is 1. The van der Waals surface area contributed by atoms with Crippen LogP contribution in [0.3, 0.4) is 0 Å². The van der Waals surface area contributed by atoms with Gasteiger partial charge in [0.25, 0.3) is 5.91 Å². The number of amides is 1. The van der Waals surface area contributed by atoms with Gasteiger partial charge in [0, 0.05) is 19.3 Å². The molecule has 0 unspecified atom stereocenters. The number of para-hydroxylation sites is 1. The molecule has 1 aromatic heterocycles. The zero-order valence-corrected chi connectivity index (χ0v) is 13.6. The largest absolute Gasteiger partial charge is 0.340 e. The van der Waals surface area contributed by atoms with E-state index < -0.39 is 5.82 Å². The fraction of sp³-hybridized carbons (Fsp3) is 0.353. The van der Waals surface area contributed by atoms with Crippen LogP contribution in [-0.4, -0.2) is 34.4 Å². The molecular weight excluding hydrogens is 295 g/mol. The van der Waals surface area contributed by atoms with Crippen molar-refractivity contribution in [3.63, 3.8) is 0 Å². The van der Waals surface area contributed by atoms with E-state index in [1.165, 1.54) is 6.07 Å². The summed E-state index contributed by atoms with van der Waals surface area (Å²) in [5, 5.41) is 2.82. The number of carbonyl (C=O) groups is 1. The summed E-state index contributed by atoms with van der Waals surface area (Å²) in [6.45, 7) is 4.52. The van der Waals surface area contributed by atoms with Gasteiger partial charge in [-0.3, -0.25) is 4.79 Å². The van der Waals surface area contributed by atoms with Crippen LogP contribution in [0.4, 0.5) is 16.0 Å². The molecule has 122 valence electrons. The van der Waals surface area contributed by atoms with Crippen LogP contribution in [0.25, 0.3) is 0 Å². The van der Waals surface area contributed by atoms with E-state index in [9.17, 15) is 9.18 Å². The normalized spacial score (nSPS) is 10.4. The maximum atomic E-state index is 13.7. The van der Waals surface area contributed by atoms with Gasteiger partial charge in [-0.25, -0.2) is 14.4 Å². The highest BCUT2D eigenvalue weighted by atomic mass is 19.1. The van der Waals surface area contributed by atoms with Crippen molar-refractivity contribution >= 4 is 17.5 Å². The molecule has 2 rings (SSSR count). The first kappa shape index (κ1) is 16.9. The van der Waals surface area contributed by atoms with E-state index in [-0.39, 0.29) is 17.5 Å². The fourth-order valence-electron chi connectivity index (χ4n) is 2.11. The molecule has 0 saturated heterocycles. The Morgan fingerprint density at radius 3 is 2.74 bits per heavy atom. The Kier molecular flexibility index (Phi) is 5.62. The number of aryl methyl sites for hydroxylation is 1. The number of hydrogen-bond donors (Lipinski definition) is 1. The van der Waals surface area contributed by atoms with Gasteiger partial charge in [0.1, 0.15) is 11.5 Å². The molecule has 2 aromatic rings. The standard InChI is InChI=1S/C17H21FN4O/c1-4-5-10-22(3)16(23)15-11-12(2)19-17(21-15)20-14-9-7-6-8-13(14)18/h6-9,11H,4-5,10H2,1-3H3,(H,19,20,21). The summed E-state index contributed by atoms with van der Waals surface area (Å²) >= 11 is 0. The molecule has 1 N–H and O–H groups in total. The molecule has 6 heteroatoms. The van der Waals surface area contributed by atoms with Crippen molar-refractivity contribution in [2.75, 3.05) is 18.9 Å². The smallest absolute Gasteiger partial charge is 0.272 e. The molecule has 1 amide bonds. The number of nitrogens with zero attached hydrogens (tertiary/aromatic N) is 3. The Morgan fingerprint density at radius 1 is 1.30 bits per heavy atom. The van der Waals surface area contributed by atoms with Gasteiger partial charge in [0.2, 0.25) is 5.95 Å². The third-order valence-electron chi connectivity index (χ3n) is 3.39. The van der Waals surface area contributed by atoms with E-state index in [4.69, 9.17) is 0 Å². The second-order valence-electron chi connectivity index (χ2n) is 5.40. The minimum absolute atomic E-state index is 0.166. The van der Waals surface area contributed by atoms with Crippen molar-refractivity contribution in [1.82, 2.24) is 14.9 Å². The molecule has 1 heterocycles. The zero-order chi connectivity index (χ0) is 16.8. The highest BCUT2D eigenvalue weighted by Crippen LogP contribution is 2.17. The quantitative estimate of drug-likeness (QED) is 0.885. The van der Waals surface area contributed by atoms with Crippen molar-refractivity contribution in [2.24, 2.45) is 0 Å². The molecule has 5 nitrogen and oxygen atoms in total. The first-order chi connectivity index (χ1) is 11.0. The van der Waals surface area contributed by atoms with Gasteiger partial charge in [-0.2, -0.15) is 0 Å². The molecule has 0 fully saturated rings. The van der Waals surface area contributed by atoms with Gasteiger partial charge in [-0.05, 0) is 31.5 Å². The summed E-state index contributed by atoms with van der Waals surface area (Å²) in [6.07, 6.45) is 1.95. The summed E-state index contributed by atoms with van der Waals surface area (Å²) in [7, 11) is 1.75. The third kappa shape index (κ3) is 4.48. The first-order valence-corrected chi connectivity index (χ1v) is 7.64. The third-order valence-corrected chi connectivity index (χ3v) is 3.39. The Hall–Kier alpha value is -2.50. The second kappa shape index (κ2) is 7.67. The summed E-state index contributed by atoms with van der Waals surface area (Å²) in [4.78, 5) is 22.5. The Labute approximate surface area is 135 Å². The molecule has 23 heavy (non-hydrogen) atoms. The van der Waals surface area contributed by atoms with Crippen LogP contribution in [-0.2, 0) is 0 Å². The number of benzene rings is 1. The van der Waals surface area contributed by atoms with Crippen LogP contribution in [0.2, 0.25) is 0 Å². The maximum absolute atomic E-state index is 13.7. The minimum Gasteiger partial charge on any atom is -0.340 e. The lowest BCUT2D eigenvalue weighted by molar-refractivity contribution is 0.0787.